The smallest absolute Gasteiger partial charge is 0.329 e. The summed E-state index contributed by atoms with van der Waals surface area (Å²) in [5.74, 6) is -0.318. The van der Waals surface area contributed by atoms with E-state index in [2.05, 4.69) is 21.4 Å². The zero-order valence-corrected chi connectivity index (χ0v) is 14.3. The second-order valence-electron chi connectivity index (χ2n) is 6.50. The van der Waals surface area contributed by atoms with Gasteiger partial charge in [-0.2, -0.15) is 0 Å². The van der Waals surface area contributed by atoms with Crippen molar-refractivity contribution >= 4 is 16.9 Å². The molecule has 2 heterocycles. The van der Waals surface area contributed by atoms with Crippen molar-refractivity contribution in [3.05, 3.63) is 74.1 Å². The lowest BCUT2D eigenvalue weighted by atomic mass is 9.87. The highest BCUT2D eigenvalue weighted by molar-refractivity contribution is 5.94. The number of carbonyl (C=O) groups is 1. The lowest BCUT2D eigenvalue weighted by Crippen LogP contribution is -2.32. The maximum absolute atomic E-state index is 12.7. The van der Waals surface area contributed by atoms with Crippen LogP contribution in [0.3, 0.4) is 0 Å². The first-order valence-corrected chi connectivity index (χ1v) is 8.53. The number of fused-ring (bicyclic) bond motifs is 2. The Kier molecular flexibility index (Phi) is 3.91. The summed E-state index contributed by atoms with van der Waals surface area (Å²) in [6.07, 6.45) is 2.90. The van der Waals surface area contributed by atoms with E-state index in [1.165, 1.54) is 29.3 Å². The Hall–Kier alpha value is -3.22. The molecular formula is C19H18N4O3. The second kappa shape index (κ2) is 6.25. The molecule has 1 atom stereocenters. The van der Waals surface area contributed by atoms with Crippen LogP contribution in [0.15, 0.2) is 46.0 Å². The van der Waals surface area contributed by atoms with Gasteiger partial charge in [-0.15, -0.1) is 0 Å². The lowest BCUT2D eigenvalue weighted by Gasteiger charge is -2.26. The number of carbonyl (C=O) groups excluding carboxylic acids is 1. The largest absolute Gasteiger partial charge is 0.344 e. The molecule has 0 bridgehead atoms. The summed E-state index contributed by atoms with van der Waals surface area (Å²) in [5, 5.41) is 3.30. The predicted octanol–water partition coefficient (Wildman–Crippen LogP) is 1.43. The number of hydrogen-bond donors (Lipinski definition) is 2. The van der Waals surface area contributed by atoms with Gasteiger partial charge in [0, 0.05) is 7.05 Å². The number of rotatable bonds is 2. The summed E-state index contributed by atoms with van der Waals surface area (Å²) in [7, 11) is 1.51. The van der Waals surface area contributed by atoms with E-state index < -0.39 is 11.2 Å². The average Bonchev–Trinajstić information content (AvgIpc) is 2.66. The topological polar surface area (TPSA) is 96.9 Å². The van der Waals surface area contributed by atoms with Crippen LogP contribution < -0.4 is 16.6 Å². The van der Waals surface area contributed by atoms with E-state index in [1.54, 1.807) is 0 Å². The fourth-order valence-electron chi connectivity index (χ4n) is 3.49. The third kappa shape index (κ3) is 2.71. The zero-order chi connectivity index (χ0) is 18.3. The number of H-pyrrole nitrogens is 1. The van der Waals surface area contributed by atoms with Gasteiger partial charge in [-0.05, 0) is 42.5 Å². The van der Waals surface area contributed by atoms with Crippen LogP contribution in [-0.2, 0) is 13.5 Å². The summed E-state index contributed by atoms with van der Waals surface area (Å²) in [4.78, 5) is 42.8. The zero-order valence-electron chi connectivity index (χ0n) is 14.3. The number of aryl methyl sites for hydroxylation is 2. The Bertz CT molecular complexity index is 1130. The molecule has 2 aromatic heterocycles. The van der Waals surface area contributed by atoms with E-state index in [1.807, 2.05) is 18.2 Å². The number of aromatic nitrogens is 3. The molecule has 26 heavy (non-hydrogen) atoms. The fraction of sp³-hybridized carbons (Fsp3) is 0.263. The van der Waals surface area contributed by atoms with Crippen molar-refractivity contribution in [3.8, 4) is 0 Å². The Balaban J connectivity index is 1.69. The van der Waals surface area contributed by atoms with Crippen molar-refractivity contribution in [2.45, 2.75) is 25.3 Å². The maximum Gasteiger partial charge on any atom is 0.329 e. The molecular weight excluding hydrogens is 332 g/mol. The maximum atomic E-state index is 12.7. The molecule has 4 rings (SSSR count). The van der Waals surface area contributed by atoms with Crippen LogP contribution in [0.5, 0.6) is 0 Å². The normalized spacial score (nSPS) is 16.3. The minimum absolute atomic E-state index is 0.0621. The number of nitrogens with one attached hydrogen (secondary N) is 2. The molecule has 3 aromatic rings. The Morgan fingerprint density at radius 2 is 2.04 bits per heavy atom. The molecule has 132 valence electrons. The Labute approximate surface area is 148 Å². The quantitative estimate of drug-likeness (QED) is 0.731. The van der Waals surface area contributed by atoms with Crippen LogP contribution in [0.4, 0.5) is 0 Å². The first kappa shape index (κ1) is 16.3. The number of amides is 1. The van der Waals surface area contributed by atoms with Gasteiger partial charge in [-0.1, -0.05) is 24.3 Å². The molecule has 0 unspecified atom stereocenters. The third-order valence-electron chi connectivity index (χ3n) is 4.87. The highest BCUT2D eigenvalue weighted by atomic mass is 16.2. The van der Waals surface area contributed by atoms with Gasteiger partial charge in [-0.3, -0.25) is 19.1 Å². The van der Waals surface area contributed by atoms with Crippen molar-refractivity contribution in [3.63, 3.8) is 0 Å². The fourth-order valence-corrected chi connectivity index (χ4v) is 3.49. The number of benzene rings is 1. The number of nitrogens with zero attached hydrogens (tertiary/aromatic N) is 2. The van der Waals surface area contributed by atoms with Gasteiger partial charge in [0.05, 0.1) is 11.4 Å². The molecule has 1 aliphatic rings. The van der Waals surface area contributed by atoms with Crippen molar-refractivity contribution in [2.24, 2.45) is 7.05 Å². The van der Waals surface area contributed by atoms with E-state index in [4.69, 9.17) is 0 Å². The molecule has 1 aromatic carbocycles. The molecule has 0 spiro atoms. The van der Waals surface area contributed by atoms with Crippen LogP contribution in [-0.4, -0.2) is 20.4 Å². The van der Waals surface area contributed by atoms with Gasteiger partial charge < -0.3 is 5.32 Å². The molecule has 0 saturated carbocycles. The number of pyridine rings is 1. The summed E-state index contributed by atoms with van der Waals surface area (Å²) in [5.41, 5.74) is 1.69. The van der Waals surface area contributed by atoms with Crippen molar-refractivity contribution in [1.29, 1.82) is 0 Å². The SMILES string of the molecule is Cn1c(=O)[nH]c(=O)c2ccc(C(=O)N[C@@H]3CCCc4ccccc43)nc21. The summed E-state index contributed by atoms with van der Waals surface area (Å²) in [6, 6.07) is 11.1. The summed E-state index contributed by atoms with van der Waals surface area (Å²) < 4.78 is 1.23. The molecule has 2 N–H and O–H groups in total. The minimum Gasteiger partial charge on any atom is -0.344 e. The average molecular weight is 350 g/mol. The van der Waals surface area contributed by atoms with E-state index >= 15 is 0 Å². The highest BCUT2D eigenvalue weighted by Gasteiger charge is 2.22. The lowest BCUT2D eigenvalue weighted by molar-refractivity contribution is 0.0928. The number of aromatic amines is 1. The molecule has 1 amide bonds. The molecule has 0 aliphatic heterocycles. The van der Waals surface area contributed by atoms with Crippen LogP contribution in [0.25, 0.3) is 11.0 Å². The first-order valence-electron chi connectivity index (χ1n) is 8.53. The van der Waals surface area contributed by atoms with E-state index in [0.717, 1.165) is 24.8 Å². The number of hydrogen-bond acceptors (Lipinski definition) is 4. The van der Waals surface area contributed by atoms with Crippen LogP contribution >= 0.6 is 0 Å². The van der Waals surface area contributed by atoms with Gasteiger partial charge in [0.2, 0.25) is 0 Å². The van der Waals surface area contributed by atoms with E-state index in [9.17, 15) is 14.4 Å². The van der Waals surface area contributed by atoms with Gasteiger partial charge in [0.25, 0.3) is 11.5 Å². The van der Waals surface area contributed by atoms with Gasteiger partial charge in [-0.25, -0.2) is 9.78 Å². The monoisotopic (exact) mass is 350 g/mol. The van der Waals surface area contributed by atoms with Crippen molar-refractivity contribution in [2.75, 3.05) is 0 Å². The van der Waals surface area contributed by atoms with Gasteiger partial charge in [0.1, 0.15) is 11.3 Å². The third-order valence-corrected chi connectivity index (χ3v) is 4.87. The van der Waals surface area contributed by atoms with E-state index in [-0.39, 0.29) is 28.7 Å². The minimum atomic E-state index is -0.561. The van der Waals surface area contributed by atoms with Crippen molar-refractivity contribution < 1.29 is 4.79 Å². The first-order chi connectivity index (χ1) is 12.5. The summed E-state index contributed by atoms with van der Waals surface area (Å²) in [6.45, 7) is 0. The highest BCUT2D eigenvalue weighted by Crippen LogP contribution is 2.29. The Morgan fingerprint density at radius 3 is 2.88 bits per heavy atom. The van der Waals surface area contributed by atoms with Crippen LogP contribution in [0.1, 0.15) is 40.5 Å². The van der Waals surface area contributed by atoms with Gasteiger partial charge in [0.15, 0.2) is 0 Å². The Morgan fingerprint density at radius 1 is 1.23 bits per heavy atom. The van der Waals surface area contributed by atoms with E-state index in [0.29, 0.717) is 0 Å². The predicted molar refractivity (Wildman–Crippen MR) is 97.2 cm³/mol. The van der Waals surface area contributed by atoms with Crippen LogP contribution in [0.2, 0.25) is 0 Å². The molecule has 7 heteroatoms. The van der Waals surface area contributed by atoms with Gasteiger partial charge >= 0.3 is 5.69 Å². The molecule has 7 nitrogen and oxygen atoms in total. The van der Waals surface area contributed by atoms with Crippen LogP contribution in [0, 0.1) is 0 Å². The second-order valence-corrected chi connectivity index (χ2v) is 6.50. The standard InChI is InChI=1S/C19H18N4O3/c1-23-16-13(17(24)22-19(23)26)9-10-15(20-16)18(25)21-14-8-4-6-11-5-2-3-7-12(11)14/h2-3,5,7,9-10,14H,4,6,8H2,1H3,(H,21,25)(H,22,24,26)/t14-/m1/s1. The molecule has 1 aliphatic carbocycles. The molecule has 0 fully saturated rings. The molecule has 0 saturated heterocycles. The summed E-state index contributed by atoms with van der Waals surface area (Å²) >= 11 is 0. The molecule has 0 radical (unpaired) electrons. The van der Waals surface area contributed by atoms with Crippen molar-refractivity contribution in [1.82, 2.24) is 19.9 Å².